The molecule has 0 bridgehead atoms. The second kappa shape index (κ2) is 12.2. The van der Waals surface area contributed by atoms with Crippen molar-refractivity contribution in [2.24, 2.45) is 0 Å². The molecule has 2 saturated heterocycles. The van der Waals surface area contributed by atoms with Crippen LogP contribution in [0.5, 0.6) is 0 Å². The lowest BCUT2D eigenvalue weighted by Crippen LogP contribution is -2.64. The maximum atomic E-state index is 11.9. The summed E-state index contributed by atoms with van der Waals surface area (Å²) in [5.41, 5.74) is 0. The van der Waals surface area contributed by atoms with Crippen LogP contribution in [0.2, 0.25) is 0 Å². The minimum Gasteiger partial charge on any atom is -0.456 e. The third-order valence-corrected chi connectivity index (χ3v) is 4.95. The molecule has 2 fully saturated rings. The molecule has 2 rings (SSSR count). The Kier molecular flexibility index (Phi) is 9.94. The number of ether oxygens (including phenoxy) is 8. The van der Waals surface area contributed by atoms with Crippen molar-refractivity contribution in [2.45, 2.75) is 96.9 Å². The van der Waals surface area contributed by atoms with Crippen LogP contribution in [0, 0.1) is 0 Å². The van der Waals surface area contributed by atoms with Crippen molar-refractivity contribution in [3.05, 3.63) is 0 Å². The lowest BCUT2D eigenvalue weighted by atomic mass is 9.98. The summed E-state index contributed by atoms with van der Waals surface area (Å²) < 4.78 is 43.0. The van der Waals surface area contributed by atoms with Gasteiger partial charge in [-0.15, -0.1) is 0 Å². The molecular formula is C21H30O14. The van der Waals surface area contributed by atoms with Gasteiger partial charge in [0.05, 0.1) is 12.7 Å². The summed E-state index contributed by atoms with van der Waals surface area (Å²) in [5.74, 6) is -3.76. The highest BCUT2D eigenvalue weighted by Gasteiger charge is 2.54. The van der Waals surface area contributed by atoms with E-state index in [-0.39, 0.29) is 6.61 Å². The summed E-state index contributed by atoms with van der Waals surface area (Å²) in [5, 5.41) is 10.5. The third kappa shape index (κ3) is 7.85. The molecule has 2 aliphatic rings. The first-order valence-electron chi connectivity index (χ1n) is 10.8. The third-order valence-electron chi connectivity index (χ3n) is 4.95. The molecule has 0 saturated carbocycles. The number of aliphatic hydroxyl groups is 1. The summed E-state index contributed by atoms with van der Waals surface area (Å²) in [6.07, 6.45) is -12.1. The maximum absolute atomic E-state index is 11.9. The monoisotopic (exact) mass is 506 g/mol. The van der Waals surface area contributed by atoms with Crippen LogP contribution in [0.25, 0.3) is 0 Å². The van der Waals surface area contributed by atoms with Crippen LogP contribution in [-0.4, -0.2) is 96.9 Å². The van der Waals surface area contributed by atoms with E-state index in [2.05, 4.69) is 0 Å². The first-order valence-corrected chi connectivity index (χ1v) is 10.8. The molecule has 35 heavy (non-hydrogen) atoms. The lowest BCUT2D eigenvalue weighted by Gasteiger charge is -2.46. The summed E-state index contributed by atoms with van der Waals surface area (Å²) in [6, 6.07) is 0. The second-order valence-corrected chi connectivity index (χ2v) is 7.98. The van der Waals surface area contributed by atoms with E-state index in [1.54, 1.807) is 0 Å². The van der Waals surface area contributed by atoms with Crippen molar-refractivity contribution in [3.8, 4) is 0 Å². The van der Waals surface area contributed by atoms with Gasteiger partial charge >= 0.3 is 29.8 Å². The van der Waals surface area contributed by atoms with Gasteiger partial charge in [0.25, 0.3) is 0 Å². The molecule has 14 nitrogen and oxygen atoms in total. The number of esters is 5. The van der Waals surface area contributed by atoms with Gasteiger partial charge in [-0.1, -0.05) is 0 Å². The Hall–Kier alpha value is -2.81. The zero-order valence-electron chi connectivity index (χ0n) is 20.2. The zero-order chi connectivity index (χ0) is 26.4. The van der Waals surface area contributed by atoms with Gasteiger partial charge in [-0.25, -0.2) is 0 Å². The van der Waals surface area contributed by atoms with Crippen LogP contribution in [0.3, 0.4) is 0 Å². The van der Waals surface area contributed by atoms with Gasteiger partial charge < -0.3 is 43.0 Å². The summed E-state index contributed by atoms with van der Waals surface area (Å²) in [4.78, 5) is 58.5. The molecule has 0 radical (unpaired) electrons. The Morgan fingerprint density at radius 3 is 1.63 bits per heavy atom. The predicted octanol–water partition coefficient (Wildman–Crippen LogP) is -0.876. The predicted molar refractivity (Wildman–Crippen MR) is 109 cm³/mol. The van der Waals surface area contributed by atoms with Crippen molar-refractivity contribution in [2.75, 3.05) is 6.61 Å². The van der Waals surface area contributed by atoms with Crippen molar-refractivity contribution < 1.29 is 67.0 Å². The molecule has 0 aliphatic carbocycles. The van der Waals surface area contributed by atoms with Gasteiger partial charge in [-0.2, -0.15) is 0 Å². The molecule has 0 aromatic carbocycles. The van der Waals surface area contributed by atoms with Gasteiger partial charge in [0.15, 0.2) is 49.2 Å². The van der Waals surface area contributed by atoms with Gasteiger partial charge in [0.2, 0.25) is 0 Å². The van der Waals surface area contributed by atoms with Crippen LogP contribution < -0.4 is 0 Å². The minimum atomic E-state index is -1.68. The topological polar surface area (TPSA) is 179 Å². The summed E-state index contributed by atoms with van der Waals surface area (Å²) >= 11 is 0. The molecule has 0 aromatic heterocycles. The van der Waals surface area contributed by atoms with Gasteiger partial charge in [0, 0.05) is 34.6 Å². The molecule has 198 valence electrons. The van der Waals surface area contributed by atoms with Crippen molar-refractivity contribution in [1.29, 1.82) is 0 Å². The molecular weight excluding hydrogens is 476 g/mol. The average molecular weight is 506 g/mol. The molecule has 0 aromatic rings. The highest BCUT2D eigenvalue weighted by molar-refractivity contribution is 5.69. The van der Waals surface area contributed by atoms with Crippen molar-refractivity contribution in [1.82, 2.24) is 0 Å². The Labute approximate surface area is 201 Å². The van der Waals surface area contributed by atoms with E-state index >= 15 is 0 Å². The fourth-order valence-corrected chi connectivity index (χ4v) is 3.78. The van der Waals surface area contributed by atoms with E-state index in [0.717, 1.165) is 34.6 Å². The zero-order valence-corrected chi connectivity index (χ0v) is 20.2. The van der Waals surface area contributed by atoms with Crippen molar-refractivity contribution >= 4 is 29.8 Å². The summed E-state index contributed by atoms with van der Waals surface area (Å²) in [7, 11) is 0. The van der Waals surface area contributed by atoms with E-state index in [4.69, 9.17) is 37.9 Å². The fourth-order valence-electron chi connectivity index (χ4n) is 3.78. The molecule has 1 N–H and O–H groups in total. The maximum Gasteiger partial charge on any atom is 0.303 e. The van der Waals surface area contributed by atoms with E-state index < -0.39 is 85.2 Å². The Morgan fingerprint density at radius 2 is 1.11 bits per heavy atom. The smallest absolute Gasteiger partial charge is 0.303 e. The second-order valence-electron chi connectivity index (χ2n) is 7.98. The first kappa shape index (κ1) is 28.4. The molecule has 2 aliphatic heterocycles. The number of aliphatic hydroxyl groups excluding tert-OH is 1. The highest BCUT2D eigenvalue weighted by Crippen LogP contribution is 2.32. The van der Waals surface area contributed by atoms with Crippen LogP contribution in [0.1, 0.15) is 41.5 Å². The molecule has 14 heteroatoms. The molecule has 2 heterocycles. The molecule has 9 atom stereocenters. The highest BCUT2D eigenvalue weighted by atomic mass is 16.8. The van der Waals surface area contributed by atoms with Crippen LogP contribution in [0.15, 0.2) is 0 Å². The number of hydrogen-bond donors (Lipinski definition) is 1. The number of carbonyl (C=O) groups is 5. The quantitative estimate of drug-likeness (QED) is 0.332. The minimum absolute atomic E-state index is 0.307. The van der Waals surface area contributed by atoms with E-state index in [1.165, 1.54) is 6.92 Å². The standard InChI is InChI=1S/C21H30O14/c1-8-15(31-10(3)23)17(33-12(5)25)19(34-13(6)26)21(29-8)35-18-16(32-11(4)24)14(30-9(2)22)7-28-20(18)27/h8,14-21,27H,7H2,1-6H3/t8-,14-,15-,16-,17+,18+,19+,20-,21-/m0/s1. The van der Waals surface area contributed by atoms with Crippen LogP contribution in [-0.2, 0) is 61.9 Å². The Bertz CT molecular complexity index is 812. The SMILES string of the molecule is CC(=O)O[C@@H]1[C@@H](OC(C)=O)[C@H](C)O[C@@H](O[C@@H]2[C@@H](OC(C)=O)[C@@H](OC(C)=O)CO[C@@H]2O)[C@@H]1OC(C)=O. The number of rotatable bonds is 7. The summed E-state index contributed by atoms with van der Waals surface area (Å²) in [6.45, 7) is 6.73. The van der Waals surface area contributed by atoms with E-state index in [1.807, 2.05) is 0 Å². The van der Waals surface area contributed by atoms with Gasteiger partial charge in [-0.3, -0.25) is 24.0 Å². The van der Waals surface area contributed by atoms with Crippen LogP contribution in [0.4, 0.5) is 0 Å². The molecule has 0 amide bonds. The number of hydrogen-bond acceptors (Lipinski definition) is 14. The van der Waals surface area contributed by atoms with Crippen molar-refractivity contribution in [3.63, 3.8) is 0 Å². The molecule has 0 unspecified atom stereocenters. The van der Waals surface area contributed by atoms with E-state index in [0.29, 0.717) is 0 Å². The fraction of sp³-hybridized carbons (Fsp3) is 0.762. The van der Waals surface area contributed by atoms with Crippen LogP contribution >= 0.6 is 0 Å². The normalized spacial score (nSPS) is 34.8. The molecule has 0 spiro atoms. The largest absolute Gasteiger partial charge is 0.456 e. The average Bonchev–Trinajstić information content (AvgIpc) is 2.70. The van der Waals surface area contributed by atoms with Gasteiger partial charge in [-0.05, 0) is 6.92 Å². The van der Waals surface area contributed by atoms with E-state index in [9.17, 15) is 29.1 Å². The Balaban J connectivity index is 2.42. The lowest BCUT2D eigenvalue weighted by molar-refractivity contribution is -0.350. The first-order chi connectivity index (χ1) is 16.3. The number of carbonyl (C=O) groups excluding carboxylic acids is 5. The Morgan fingerprint density at radius 1 is 0.657 bits per heavy atom. The van der Waals surface area contributed by atoms with Gasteiger partial charge in [0.1, 0.15) is 0 Å².